The summed E-state index contributed by atoms with van der Waals surface area (Å²) in [5, 5.41) is 20.8. The maximum Gasteiger partial charge on any atom is 0.270 e. The molecule has 0 radical (unpaired) electrons. The van der Waals surface area contributed by atoms with Gasteiger partial charge in [-0.2, -0.15) is 5.26 Å². The molecule has 0 aliphatic heterocycles. The van der Waals surface area contributed by atoms with Crippen molar-refractivity contribution in [2.75, 3.05) is 0 Å². The number of non-ortho nitro benzene ring substituents is 1. The summed E-state index contributed by atoms with van der Waals surface area (Å²) < 4.78 is 22.6. The van der Waals surface area contributed by atoms with E-state index in [9.17, 15) is 15.4 Å². The van der Waals surface area contributed by atoms with Crippen LogP contribution in [0.1, 0.15) is 11.3 Å². The number of nitriles is 1. The Balaban J connectivity index is 1.51. The Morgan fingerprint density at radius 2 is 1.73 bits per heavy atom. The van der Waals surface area contributed by atoms with Crippen LogP contribution in [0.15, 0.2) is 95.9 Å². The largest absolute Gasteiger partial charge is 0.464 e. The molecule has 5 aromatic rings. The summed E-state index contributed by atoms with van der Waals surface area (Å²) in [6, 6.07) is 18.4. The van der Waals surface area contributed by atoms with Crippen molar-refractivity contribution in [2.24, 2.45) is 4.99 Å². The highest BCUT2D eigenvalue weighted by Gasteiger charge is 2.26. The van der Waals surface area contributed by atoms with E-state index < -0.39 is 4.92 Å². The van der Waals surface area contributed by atoms with E-state index in [-0.39, 0.29) is 17.1 Å². The summed E-state index contributed by atoms with van der Waals surface area (Å²) in [6.07, 6.45) is 4.39. The van der Waals surface area contributed by atoms with Gasteiger partial charge in [-0.3, -0.25) is 10.1 Å². The Labute approximate surface area is 186 Å². The number of aliphatic imine (C=N–C) groups is 1. The first-order valence-corrected chi connectivity index (χ1v) is 9.67. The van der Waals surface area contributed by atoms with Crippen LogP contribution in [0.3, 0.4) is 0 Å². The molecular weight excluding hydrogens is 426 g/mol. The molecule has 0 bridgehead atoms. The van der Waals surface area contributed by atoms with Crippen molar-refractivity contribution in [3.05, 3.63) is 94.6 Å². The fourth-order valence-corrected chi connectivity index (χ4v) is 3.32. The lowest BCUT2D eigenvalue weighted by Gasteiger charge is -1.96. The normalized spacial score (nSPS) is 11.1. The van der Waals surface area contributed by atoms with Gasteiger partial charge in [0.25, 0.3) is 5.69 Å². The molecule has 0 saturated heterocycles. The standard InChI is InChI=1S/C24H13N3O6/c25-13-18-22(20-6-2-10-30-20)23(21-7-3-11-31-21)33-24(18)26-14-17-8-9-19(32-17)15-4-1-5-16(12-15)27(28)29/h1-12,14H. The SMILES string of the molecule is N#Cc1c(N=Cc2ccc(-c3cccc([N+](=O)[O-])c3)o2)oc(-c2ccco2)c1-c1ccco1. The zero-order valence-corrected chi connectivity index (χ0v) is 16.8. The molecule has 5 rings (SSSR count). The van der Waals surface area contributed by atoms with Gasteiger partial charge in [-0.1, -0.05) is 12.1 Å². The number of benzene rings is 1. The molecule has 160 valence electrons. The second kappa shape index (κ2) is 8.20. The Kier molecular flexibility index (Phi) is 4.93. The van der Waals surface area contributed by atoms with Crippen LogP contribution in [-0.4, -0.2) is 11.1 Å². The summed E-state index contributed by atoms with van der Waals surface area (Å²) in [7, 11) is 0. The Bertz CT molecular complexity index is 1500. The topological polar surface area (TPSA) is 132 Å². The number of hydrogen-bond acceptors (Lipinski definition) is 8. The van der Waals surface area contributed by atoms with Crippen LogP contribution in [-0.2, 0) is 0 Å². The maximum absolute atomic E-state index is 11.0. The van der Waals surface area contributed by atoms with Crippen molar-refractivity contribution in [2.45, 2.75) is 0 Å². The van der Waals surface area contributed by atoms with Crippen molar-refractivity contribution in [1.29, 1.82) is 5.26 Å². The van der Waals surface area contributed by atoms with E-state index in [1.807, 2.05) is 0 Å². The van der Waals surface area contributed by atoms with E-state index in [1.165, 1.54) is 30.9 Å². The fourth-order valence-electron chi connectivity index (χ4n) is 3.32. The Morgan fingerprint density at radius 1 is 0.939 bits per heavy atom. The first-order chi connectivity index (χ1) is 16.1. The van der Waals surface area contributed by atoms with Crippen molar-refractivity contribution in [3.8, 4) is 40.2 Å². The van der Waals surface area contributed by atoms with E-state index in [2.05, 4.69) is 11.1 Å². The molecule has 33 heavy (non-hydrogen) atoms. The molecule has 9 heteroatoms. The number of rotatable bonds is 6. The lowest BCUT2D eigenvalue weighted by atomic mass is 10.1. The van der Waals surface area contributed by atoms with Gasteiger partial charge >= 0.3 is 0 Å². The second-order valence-electron chi connectivity index (χ2n) is 6.82. The van der Waals surface area contributed by atoms with Gasteiger partial charge in [-0.25, -0.2) is 4.99 Å². The van der Waals surface area contributed by atoms with E-state index in [0.29, 0.717) is 39.9 Å². The molecule has 0 amide bonds. The van der Waals surface area contributed by atoms with Gasteiger partial charge in [0.15, 0.2) is 11.5 Å². The molecule has 0 aliphatic rings. The highest BCUT2D eigenvalue weighted by Crippen LogP contribution is 2.42. The lowest BCUT2D eigenvalue weighted by Crippen LogP contribution is -1.87. The second-order valence-corrected chi connectivity index (χ2v) is 6.82. The summed E-state index contributed by atoms with van der Waals surface area (Å²) in [5.74, 6) is 2.04. The minimum absolute atomic E-state index is 0.0377. The number of nitro benzene ring substituents is 1. The van der Waals surface area contributed by atoms with Crippen LogP contribution < -0.4 is 0 Å². The molecule has 0 fully saturated rings. The van der Waals surface area contributed by atoms with Crippen LogP contribution in [0.2, 0.25) is 0 Å². The smallest absolute Gasteiger partial charge is 0.270 e. The Hall–Kier alpha value is -5.10. The first kappa shape index (κ1) is 19.8. The highest BCUT2D eigenvalue weighted by molar-refractivity contribution is 5.86. The number of furan rings is 4. The molecule has 0 saturated carbocycles. The molecular formula is C24H13N3O6. The van der Waals surface area contributed by atoms with Crippen LogP contribution in [0, 0.1) is 21.4 Å². The first-order valence-electron chi connectivity index (χ1n) is 9.67. The quantitative estimate of drug-likeness (QED) is 0.166. The van der Waals surface area contributed by atoms with Gasteiger partial charge in [0.2, 0.25) is 5.88 Å². The predicted molar refractivity (Wildman–Crippen MR) is 117 cm³/mol. The molecule has 0 N–H and O–H groups in total. The van der Waals surface area contributed by atoms with Crippen molar-refractivity contribution < 1.29 is 22.6 Å². The van der Waals surface area contributed by atoms with Gasteiger partial charge in [0.1, 0.15) is 28.9 Å². The summed E-state index contributed by atoms with van der Waals surface area (Å²) in [4.78, 5) is 14.8. The van der Waals surface area contributed by atoms with Crippen molar-refractivity contribution in [1.82, 2.24) is 0 Å². The van der Waals surface area contributed by atoms with E-state index in [0.717, 1.165) is 0 Å². The van der Waals surface area contributed by atoms with Crippen molar-refractivity contribution >= 4 is 17.8 Å². The molecule has 1 aromatic carbocycles. The summed E-state index contributed by atoms with van der Waals surface area (Å²) in [5.41, 5.74) is 1.13. The fraction of sp³-hybridized carbons (Fsp3) is 0. The van der Waals surface area contributed by atoms with Gasteiger partial charge in [-0.05, 0) is 36.4 Å². The van der Waals surface area contributed by atoms with E-state index in [4.69, 9.17) is 17.7 Å². The van der Waals surface area contributed by atoms with Crippen LogP contribution in [0.25, 0.3) is 34.2 Å². The molecule has 4 aromatic heterocycles. The van der Waals surface area contributed by atoms with Gasteiger partial charge in [0.05, 0.1) is 29.2 Å². The van der Waals surface area contributed by atoms with Gasteiger partial charge < -0.3 is 17.7 Å². The zero-order chi connectivity index (χ0) is 22.8. The van der Waals surface area contributed by atoms with Gasteiger partial charge in [-0.15, -0.1) is 0 Å². The minimum atomic E-state index is -0.470. The minimum Gasteiger partial charge on any atom is -0.464 e. The average molecular weight is 439 g/mol. The van der Waals surface area contributed by atoms with Gasteiger partial charge in [0, 0.05) is 17.7 Å². The molecule has 0 aliphatic carbocycles. The van der Waals surface area contributed by atoms with E-state index >= 15 is 0 Å². The summed E-state index contributed by atoms with van der Waals surface area (Å²) >= 11 is 0. The zero-order valence-electron chi connectivity index (χ0n) is 16.8. The third kappa shape index (κ3) is 3.73. The van der Waals surface area contributed by atoms with Crippen LogP contribution in [0.4, 0.5) is 11.6 Å². The average Bonchev–Trinajstić information content (AvgIpc) is 3.63. The summed E-state index contributed by atoms with van der Waals surface area (Å²) in [6.45, 7) is 0. The Morgan fingerprint density at radius 3 is 2.42 bits per heavy atom. The molecule has 4 heterocycles. The number of nitro groups is 1. The third-order valence-electron chi connectivity index (χ3n) is 4.79. The molecule has 9 nitrogen and oxygen atoms in total. The number of nitrogens with zero attached hydrogens (tertiary/aromatic N) is 3. The molecule has 0 atom stereocenters. The van der Waals surface area contributed by atoms with E-state index in [1.54, 1.807) is 48.5 Å². The predicted octanol–water partition coefficient (Wildman–Crippen LogP) is 6.59. The van der Waals surface area contributed by atoms with Crippen LogP contribution >= 0.6 is 0 Å². The molecule has 0 spiro atoms. The monoisotopic (exact) mass is 439 g/mol. The number of hydrogen-bond donors (Lipinski definition) is 0. The lowest BCUT2D eigenvalue weighted by molar-refractivity contribution is -0.384. The maximum atomic E-state index is 11.0. The van der Waals surface area contributed by atoms with Crippen LogP contribution in [0.5, 0.6) is 0 Å². The highest BCUT2D eigenvalue weighted by atomic mass is 16.6. The third-order valence-corrected chi connectivity index (χ3v) is 4.79. The van der Waals surface area contributed by atoms with Crippen molar-refractivity contribution in [3.63, 3.8) is 0 Å². The molecule has 0 unspecified atom stereocenters.